The molecule has 6 atom stereocenters. The Hall–Kier alpha value is -4.53. The van der Waals surface area contributed by atoms with E-state index in [1.54, 1.807) is 30.3 Å². The number of alkyl halides is 2. The van der Waals surface area contributed by atoms with Gasteiger partial charge in [-0.05, 0) is 49.1 Å². The molecule has 3 aromatic rings. The maximum absolute atomic E-state index is 15.2. The lowest BCUT2D eigenvalue weighted by atomic mass is 9.56. The number of hydrogen-bond donors (Lipinski definition) is 1. The van der Waals surface area contributed by atoms with E-state index in [1.165, 1.54) is 24.3 Å². The molecule has 1 N–H and O–H groups in total. The highest BCUT2D eigenvalue weighted by atomic mass is 35.5. The van der Waals surface area contributed by atoms with E-state index in [4.69, 9.17) is 27.9 Å². The number of amides is 4. The molecule has 4 amide bonds. The Kier molecular flexibility index (Phi) is 7.97. The van der Waals surface area contributed by atoms with Crippen LogP contribution in [0.4, 0.5) is 39.0 Å². The number of benzene rings is 3. The smallest absolute Gasteiger partial charge is 0.258 e. The van der Waals surface area contributed by atoms with E-state index in [0.717, 1.165) is 10.6 Å². The quantitative estimate of drug-likeness (QED) is 0.0910. The minimum absolute atomic E-state index is 0.0285. The molecule has 9 nitrogen and oxygen atoms in total. The van der Waals surface area contributed by atoms with Crippen molar-refractivity contribution in [3.63, 3.8) is 0 Å². The molecule has 1 saturated carbocycles. The lowest BCUT2D eigenvalue weighted by Crippen LogP contribution is -2.60. The fraction of sp³-hybridized carbons (Fsp3) is 0.333. The molecule has 5 aliphatic rings. The molecule has 0 bridgehead atoms. The summed E-state index contributed by atoms with van der Waals surface area (Å²) in [5.74, 6) is -21.9. The van der Waals surface area contributed by atoms with Gasteiger partial charge in [0.25, 0.3) is 11.8 Å². The van der Waals surface area contributed by atoms with E-state index in [1.807, 2.05) is 0 Å². The monoisotopic (exact) mass is 761 g/mol. The Balaban J connectivity index is 1.24. The standard InChI is InChI=1S/C36H26Cl2F5N3O6/c37-35-15-21-18(9-10-20-23(21)32(49)45(31(20)48)17-7-5-16(6-8-17)44-11-13-52-14-12-44)24(19-3-1-2-4-22(19)47)36(35,38)34(51)46(33(35)50)30-28(42)26(40)25(39)27(41)29(30)43/h1-9,20-21,23-24,47H,10-15H2. The number of anilines is 3. The molecular formula is C36H26Cl2F5N3O6. The highest BCUT2D eigenvalue weighted by Gasteiger charge is 2.77. The number of halogens is 7. The summed E-state index contributed by atoms with van der Waals surface area (Å²) < 4.78 is 78.7. The number of para-hydroxylation sites is 1. The molecule has 3 heterocycles. The van der Waals surface area contributed by atoms with Crippen LogP contribution in [0.5, 0.6) is 5.75 Å². The number of aromatic hydroxyl groups is 1. The molecule has 3 saturated heterocycles. The summed E-state index contributed by atoms with van der Waals surface area (Å²) in [5.41, 5.74) is -0.557. The Morgan fingerprint density at radius 1 is 0.731 bits per heavy atom. The van der Waals surface area contributed by atoms with Gasteiger partial charge in [0.2, 0.25) is 17.6 Å². The minimum Gasteiger partial charge on any atom is -0.508 e. The highest BCUT2D eigenvalue weighted by Crippen LogP contribution is 2.66. The fourth-order valence-corrected chi connectivity index (χ4v) is 9.46. The molecule has 3 aliphatic heterocycles. The maximum atomic E-state index is 15.2. The first-order valence-electron chi connectivity index (χ1n) is 16.3. The van der Waals surface area contributed by atoms with Crippen molar-refractivity contribution in [3.05, 3.63) is 94.8 Å². The number of rotatable bonds is 4. The molecule has 0 aromatic heterocycles. The molecule has 52 heavy (non-hydrogen) atoms. The SMILES string of the molecule is O=C1C2CC=C3C(CC4(Cl)C(=O)N(c5c(F)c(F)c(F)c(F)c5F)C(=O)C4(Cl)C3c3ccccc3O)C2C(=O)N1c1ccc(N2CCOCC2)cc1. The van der Waals surface area contributed by atoms with Crippen molar-refractivity contribution in [2.75, 3.05) is 41.0 Å². The van der Waals surface area contributed by atoms with Gasteiger partial charge in [0, 0.05) is 30.3 Å². The number of ether oxygens (including phenoxy) is 1. The molecule has 0 radical (unpaired) electrons. The molecule has 3 aromatic carbocycles. The number of nitrogens with zero attached hydrogens (tertiary/aromatic N) is 3. The Morgan fingerprint density at radius 3 is 1.96 bits per heavy atom. The van der Waals surface area contributed by atoms with Gasteiger partial charge >= 0.3 is 0 Å². The summed E-state index contributed by atoms with van der Waals surface area (Å²) in [6, 6.07) is 12.3. The normalized spacial score (nSPS) is 30.1. The van der Waals surface area contributed by atoms with Crippen molar-refractivity contribution in [3.8, 4) is 5.75 Å². The lowest BCUT2D eigenvalue weighted by Gasteiger charge is -2.50. The predicted molar refractivity (Wildman–Crippen MR) is 176 cm³/mol. The summed E-state index contributed by atoms with van der Waals surface area (Å²) in [4.78, 5) is 54.4. The Bertz CT molecular complexity index is 2100. The summed E-state index contributed by atoms with van der Waals surface area (Å²) >= 11 is 14.2. The maximum Gasteiger partial charge on any atom is 0.258 e. The highest BCUT2D eigenvalue weighted by molar-refractivity contribution is 6.58. The van der Waals surface area contributed by atoms with Crippen molar-refractivity contribution in [2.45, 2.75) is 28.5 Å². The number of carbonyl (C=O) groups excluding carboxylic acids is 4. The number of imide groups is 2. The third kappa shape index (κ3) is 4.49. The molecule has 16 heteroatoms. The van der Waals surface area contributed by atoms with E-state index in [2.05, 4.69) is 4.90 Å². The third-order valence-electron chi connectivity index (χ3n) is 11.0. The van der Waals surface area contributed by atoms with Gasteiger partial charge in [-0.25, -0.2) is 26.9 Å². The summed E-state index contributed by atoms with van der Waals surface area (Å²) in [5, 5.41) is 11.0. The number of phenols is 1. The zero-order valence-corrected chi connectivity index (χ0v) is 28.2. The minimum atomic E-state index is -2.72. The number of fused-ring (bicyclic) bond motifs is 4. The fourth-order valence-electron chi connectivity index (χ4n) is 8.53. The average molecular weight is 763 g/mol. The van der Waals surface area contributed by atoms with Crippen LogP contribution in [0.25, 0.3) is 0 Å². The number of hydrogen-bond acceptors (Lipinski definition) is 7. The van der Waals surface area contributed by atoms with Crippen LogP contribution in [-0.4, -0.2) is 64.8 Å². The van der Waals surface area contributed by atoms with Crippen LogP contribution in [0.2, 0.25) is 0 Å². The van der Waals surface area contributed by atoms with Crippen LogP contribution in [0, 0.1) is 46.8 Å². The number of carbonyl (C=O) groups is 4. The predicted octanol–water partition coefficient (Wildman–Crippen LogP) is 5.69. The van der Waals surface area contributed by atoms with E-state index in [-0.39, 0.29) is 28.1 Å². The topological polar surface area (TPSA) is 107 Å². The lowest BCUT2D eigenvalue weighted by molar-refractivity contribution is -0.125. The van der Waals surface area contributed by atoms with Crippen molar-refractivity contribution >= 4 is 63.9 Å². The number of phenolic OH excluding ortho intramolecular Hbond substituents is 1. The first-order valence-corrected chi connectivity index (χ1v) is 17.1. The van der Waals surface area contributed by atoms with E-state index >= 15 is 8.78 Å². The largest absolute Gasteiger partial charge is 0.508 e. The van der Waals surface area contributed by atoms with Gasteiger partial charge in [-0.2, -0.15) is 0 Å². The van der Waals surface area contributed by atoms with Gasteiger partial charge in [0.05, 0.1) is 30.7 Å². The first-order chi connectivity index (χ1) is 24.7. The second kappa shape index (κ2) is 12.0. The summed E-state index contributed by atoms with van der Waals surface area (Å²) in [6.07, 6.45) is 0.895. The van der Waals surface area contributed by atoms with Crippen molar-refractivity contribution < 1.29 is 51.0 Å². The molecule has 270 valence electrons. The number of morpholine rings is 1. The van der Waals surface area contributed by atoms with Gasteiger partial charge in [0.1, 0.15) is 11.4 Å². The zero-order valence-electron chi connectivity index (χ0n) is 26.7. The molecule has 6 unspecified atom stereocenters. The van der Waals surface area contributed by atoms with Crippen molar-refractivity contribution in [2.24, 2.45) is 17.8 Å². The average Bonchev–Trinajstić information content (AvgIpc) is 3.48. The van der Waals surface area contributed by atoms with E-state index in [0.29, 0.717) is 26.3 Å². The second-order valence-corrected chi connectivity index (χ2v) is 14.6. The van der Waals surface area contributed by atoms with Crippen LogP contribution in [0.1, 0.15) is 24.3 Å². The molecule has 8 rings (SSSR count). The number of allylic oxidation sites excluding steroid dienone is 2. The van der Waals surface area contributed by atoms with E-state index in [9.17, 15) is 37.5 Å². The van der Waals surface area contributed by atoms with E-state index < -0.39 is 104 Å². The van der Waals surface area contributed by atoms with Gasteiger partial charge in [-0.15, -0.1) is 23.2 Å². The van der Waals surface area contributed by atoms with Crippen LogP contribution in [0.3, 0.4) is 0 Å². The zero-order chi connectivity index (χ0) is 37.0. The van der Waals surface area contributed by atoms with Crippen LogP contribution >= 0.6 is 23.2 Å². The van der Waals surface area contributed by atoms with Crippen molar-refractivity contribution in [1.29, 1.82) is 0 Å². The Labute approximate surface area is 302 Å². The van der Waals surface area contributed by atoms with Gasteiger partial charge < -0.3 is 14.7 Å². The molecule has 4 fully saturated rings. The van der Waals surface area contributed by atoms with Crippen LogP contribution < -0.4 is 14.7 Å². The van der Waals surface area contributed by atoms with Gasteiger partial charge in [-0.3, -0.25) is 24.1 Å². The second-order valence-electron chi connectivity index (χ2n) is 13.4. The molecule has 0 spiro atoms. The summed E-state index contributed by atoms with van der Waals surface area (Å²) in [7, 11) is 0. The van der Waals surface area contributed by atoms with Gasteiger partial charge in [0.15, 0.2) is 33.0 Å². The van der Waals surface area contributed by atoms with Gasteiger partial charge in [-0.1, -0.05) is 29.8 Å². The Morgan fingerprint density at radius 2 is 1.33 bits per heavy atom. The van der Waals surface area contributed by atoms with Crippen LogP contribution in [0.15, 0.2) is 60.2 Å². The molecule has 2 aliphatic carbocycles. The first kappa shape index (κ1) is 34.6. The summed E-state index contributed by atoms with van der Waals surface area (Å²) in [6.45, 7) is 2.41. The van der Waals surface area contributed by atoms with Crippen molar-refractivity contribution in [1.82, 2.24) is 0 Å². The molecular weight excluding hydrogens is 736 g/mol. The third-order valence-corrected chi connectivity index (χ3v) is 12.4. The van der Waals surface area contributed by atoms with Crippen LogP contribution in [-0.2, 0) is 23.9 Å².